The van der Waals surface area contributed by atoms with Gasteiger partial charge in [-0.05, 0) is 19.9 Å². The van der Waals surface area contributed by atoms with Crippen LogP contribution in [0.5, 0.6) is 0 Å². The first-order valence-electron chi connectivity index (χ1n) is 3.34. The van der Waals surface area contributed by atoms with Crippen molar-refractivity contribution < 1.29 is 5.11 Å². The van der Waals surface area contributed by atoms with Crippen molar-refractivity contribution in [3.05, 3.63) is 28.5 Å². The minimum Gasteiger partial charge on any atom is -0.386 e. The molecule has 0 saturated heterocycles. The van der Waals surface area contributed by atoms with E-state index in [9.17, 15) is 5.11 Å². The molecule has 0 atom stereocenters. The van der Waals surface area contributed by atoms with Gasteiger partial charge in [0.05, 0.1) is 5.60 Å². The van der Waals surface area contributed by atoms with E-state index in [1.807, 2.05) is 6.07 Å². The molecule has 1 aromatic heterocycles. The molecule has 3 heteroatoms. The number of aliphatic hydroxyl groups is 1. The summed E-state index contributed by atoms with van der Waals surface area (Å²) < 4.78 is 0.889. The predicted molar refractivity (Wildman–Crippen MR) is 47.2 cm³/mol. The Morgan fingerprint density at radius 3 is 2.55 bits per heavy atom. The van der Waals surface area contributed by atoms with Crippen LogP contribution in [0.3, 0.4) is 0 Å². The van der Waals surface area contributed by atoms with E-state index in [2.05, 4.69) is 20.9 Å². The highest BCUT2D eigenvalue weighted by molar-refractivity contribution is 9.10. The maximum absolute atomic E-state index is 9.60. The molecule has 0 aliphatic heterocycles. The molecule has 0 radical (unpaired) electrons. The Balaban J connectivity index is 3.14. The van der Waals surface area contributed by atoms with Gasteiger partial charge < -0.3 is 5.11 Å². The standard InChI is InChI=1S/C8H10BrNO/c1-8(2,11)6-5-10-4-3-7(6)9/h3-5,11H,1-2H3. The van der Waals surface area contributed by atoms with Gasteiger partial charge in [-0.1, -0.05) is 15.9 Å². The summed E-state index contributed by atoms with van der Waals surface area (Å²) >= 11 is 3.33. The van der Waals surface area contributed by atoms with Gasteiger partial charge in [-0.2, -0.15) is 0 Å². The van der Waals surface area contributed by atoms with Crippen LogP contribution in [0.2, 0.25) is 0 Å². The lowest BCUT2D eigenvalue weighted by atomic mass is 10.0. The Morgan fingerprint density at radius 1 is 1.55 bits per heavy atom. The average molecular weight is 216 g/mol. The highest BCUT2D eigenvalue weighted by Gasteiger charge is 2.18. The van der Waals surface area contributed by atoms with Crippen LogP contribution in [0, 0.1) is 0 Å². The van der Waals surface area contributed by atoms with Gasteiger partial charge in [-0.25, -0.2) is 0 Å². The van der Waals surface area contributed by atoms with Gasteiger partial charge >= 0.3 is 0 Å². The van der Waals surface area contributed by atoms with Crippen LogP contribution in [0.4, 0.5) is 0 Å². The Morgan fingerprint density at radius 2 is 2.18 bits per heavy atom. The number of halogens is 1. The van der Waals surface area contributed by atoms with Crippen LogP contribution >= 0.6 is 15.9 Å². The molecule has 0 unspecified atom stereocenters. The van der Waals surface area contributed by atoms with Crippen molar-refractivity contribution in [3.63, 3.8) is 0 Å². The summed E-state index contributed by atoms with van der Waals surface area (Å²) in [5.41, 5.74) is -0.0207. The van der Waals surface area contributed by atoms with Crippen molar-refractivity contribution >= 4 is 15.9 Å². The van der Waals surface area contributed by atoms with Crippen LogP contribution in [0.25, 0.3) is 0 Å². The normalized spacial score (nSPS) is 11.6. The van der Waals surface area contributed by atoms with Crippen LogP contribution in [-0.2, 0) is 5.60 Å². The van der Waals surface area contributed by atoms with Crippen molar-refractivity contribution in [2.24, 2.45) is 0 Å². The van der Waals surface area contributed by atoms with E-state index in [1.54, 1.807) is 26.2 Å². The number of pyridine rings is 1. The number of nitrogens with zero attached hydrogens (tertiary/aromatic N) is 1. The van der Waals surface area contributed by atoms with Gasteiger partial charge in [0.15, 0.2) is 0 Å². The SMILES string of the molecule is CC(C)(O)c1cnccc1Br. The predicted octanol–water partition coefficient (Wildman–Crippen LogP) is 2.07. The number of aromatic nitrogens is 1. The van der Waals surface area contributed by atoms with Gasteiger partial charge in [0.1, 0.15) is 0 Å². The quantitative estimate of drug-likeness (QED) is 0.779. The summed E-state index contributed by atoms with van der Waals surface area (Å²) in [6, 6.07) is 1.81. The molecular weight excluding hydrogens is 206 g/mol. The number of hydrogen-bond donors (Lipinski definition) is 1. The summed E-state index contributed by atoms with van der Waals surface area (Å²) in [5.74, 6) is 0. The second kappa shape index (κ2) is 2.91. The molecule has 0 aliphatic carbocycles. The molecule has 0 saturated carbocycles. The number of hydrogen-bond acceptors (Lipinski definition) is 2. The Hall–Kier alpha value is -0.410. The molecule has 0 aromatic carbocycles. The molecular formula is C8H10BrNO. The van der Waals surface area contributed by atoms with E-state index < -0.39 is 5.60 Å². The van der Waals surface area contributed by atoms with Gasteiger partial charge in [-0.15, -0.1) is 0 Å². The fourth-order valence-electron chi connectivity index (χ4n) is 0.828. The second-order valence-corrected chi connectivity index (χ2v) is 3.77. The van der Waals surface area contributed by atoms with Gasteiger partial charge in [0, 0.05) is 22.4 Å². The topological polar surface area (TPSA) is 33.1 Å². The van der Waals surface area contributed by atoms with Crippen LogP contribution in [-0.4, -0.2) is 10.1 Å². The second-order valence-electron chi connectivity index (χ2n) is 2.91. The maximum atomic E-state index is 9.60. The van der Waals surface area contributed by atoms with Crippen molar-refractivity contribution in [1.29, 1.82) is 0 Å². The van der Waals surface area contributed by atoms with E-state index in [1.165, 1.54) is 0 Å². The van der Waals surface area contributed by atoms with Crippen LogP contribution in [0.1, 0.15) is 19.4 Å². The molecule has 11 heavy (non-hydrogen) atoms. The fraction of sp³-hybridized carbons (Fsp3) is 0.375. The van der Waals surface area contributed by atoms with E-state index in [0.29, 0.717) is 0 Å². The molecule has 60 valence electrons. The van der Waals surface area contributed by atoms with Gasteiger partial charge in [-0.3, -0.25) is 4.98 Å². The highest BCUT2D eigenvalue weighted by Crippen LogP contribution is 2.26. The van der Waals surface area contributed by atoms with E-state index in [0.717, 1.165) is 10.0 Å². The molecule has 2 nitrogen and oxygen atoms in total. The van der Waals surface area contributed by atoms with Crippen LogP contribution < -0.4 is 0 Å². The molecule has 1 rings (SSSR count). The lowest BCUT2D eigenvalue weighted by Crippen LogP contribution is -2.16. The summed E-state index contributed by atoms with van der Waals surface area (Å²) in [6.07, 6.45) is 3.34. The number of rotatable bonds is 1. The van der Waals surface area contributed by atoms with E-state index >= 15 is 0 Å². The molecule has 1 N–H and O–H groups in total. The van der Waals surface area contributed by atoms with E-state index in [-0.39, 0.29) is 0 Å². The fourth-order valence-corrected chi connectivity index (χ4v) is 1.53. The molecule has 0 aliphatic rings. The zero-order chi connectivity index (χ0) is 8.48. The third kappa shape index (κ3) is 2.01. The smallest absolute Gasteiger partial charge is 0.0866 e. The van der Waals surface area contributed by atoms with Crippen molar-refractivity contribution in [1.82, 2.24) is 4.98 Å². The van der Waals surface area contributed by atoms with Gasteiger partial charge in [0.25, 0.3) is 0 Å². The van der Waals surface area contributed by atoms with Crippen molar-refractivity contribution in [2.75, 3.05) is 0 Å². The Kier molecular flexibility index (Phi) is 2.30. The third-order valence-corrected chi connectivity index (χ3v) is 2.12. The maximum Gasteiger partial charge on any atom is 0.0866 e. The highest BCUT2D eigenvalue weighted by atomic mass is 79.9. The molecule has 0 spiro atoms. The first kappa shape index (κ1) is 8.68. The Labute approximate surface area is 74.4 Å². The van der Waals surface area contributed by atoms with Crippen LogP contribution in [0.15, 0.2) is 22.9 Å². The lowest BCUT2D eigenvalue weighted by molar-refractivity contribution is 0.0774. The summed E-state index contributed by atoms with van der Waals surface area (Å²) in [6.45, 7) is 3.46. The lowest BCUT2D eigenvalue weighted by Gasteiger charge is -2.18. The monoisotopic (exact) mass is 215 g/mol. The van der Waals surface area contributed by atoms with Crippen molar-refractivity contribution in [3.8, 4) is 0 Å². The minimum atomic E-state index is -0.826. The summed E-state index contributed by atoms with van der Waals surface area (Å²) in [7, 11) is 0. The third-order valence-electron chi connectivity index (χ3n) is 1.43. The molecule has 0 amide bonds. The summed E-state index contributed by atoms with van der Waals surface area (Å²) in [5, 5.41) is 9.60. The summed E-state index contributed by atoms with van der Waals surface area (Å²) in [4.78, 5) is 3.92. The van der Waals surface area contributed by atoms with Crippen molar-refractivity contribution in [2.45, 2.75) is 19.4 Å². The zero-order valence-electron chi connectivity index (χ0n) is 6.50. The molecule has 1 aromatic rings. The minimum absolute atomic E-state index is 0.806. The molecule has 0 fully saturated rings. The molecule has 0 bridgehead atoms. The first-order valence-corrected chi connectivity index (χ1v) is 4.13. The zero-order valence-corrected chi connectivity index (χ0v) is 8.09. The first-order chi connectivity index (χ1) is 5.02. The van der Waals surface area contributed by atoms with E-state index in [4.69, 9.17) is 0 Å². The average Bonchev–Trinajstić information content (AvgIpc) is 1.86. The Bertz CT molecular complexity index is 255. The van der Waals surface area contributed by atoms with Gasteiger partial charge in [0.2, 0.25) is 0 Å². The largest absolute Gasteiger partial charge is 0.386 e. The molecule has 1 heterocycles.